The average molecular weight is 661 g/mol. The lowest BCUT2D eigenvalue weighted by atomic mass is 9.90. The van der Waals surface area contributed by atoms with Crippen LogP contribution in [0.25, 0.3) is 66.8 Å². The predicted octanol–water partition coefficient (Wildman–Crippen LogP) is 13.6. The van der Waals surface area contributed by atoms with Gasteiger partial charge in [-0.25, -0.2) is 0 Å². The largest absolute Gasteiger partial charge is 0.143 e. The van der Waals surface area contributed by atoms with E-state index in [9.17, 15) is 0 Å². The van der Waals surface area contributed by atoms with Gasteiger partial charge in [-0.15, -0.1) is 37.9 Å². The molecule has 0 saturated carbocycles. The number of rotatable bonds is 6. The fourth-order valence-corrected chi connectivity index (χ4v) is 6.49. The Morgan fingerprint density at radius 3 is 0.638 bits per heavy atom. The van der Waals surface area contributed by atoms with Gasteiger partial charge in [0, 0.05) is 14.7 Å². The number of hydrogen-bond donors (Lipinski definition) is 3. The molecule has 0 unspecified atom stereocenters. The summed E-state index contributed by atoms with van der Waals surface area (Å²) in [5, 5.41) is 0. The van der Waals surface area contributed by atoms with E-state index in [1.54, 1.807) is 0 Å². The quantitative estimate of drug-likeness (QED) is 0.145. The van der Waals surface area contributed by atoms with E-state index in [4.69, 9.17) is 0 Å². The molecule has 0 heterocycles. The van der Waals surface area contributed by atoms with E-state index in [0.29, 0.717) is 0 Å². The van der Waals surface area contributed by atoms with E-state index in [-0.39, 0.29) is 0 Å². The van der Waals surface area contributed by atoms with Crippen LogP contribution in [0.5, 0.6) is 0 Å². The number of thiol groups is 3. The first-order valence-electron chi connectivity index (χ1n) is 15.8. The maximum Gasteiger partial charge on any atom is 0.00461 e. The molecule has 47 heavy (non-hydrogen) atoms. The van der Waals surface area contributed by atoms with Crippen LogP contribution in [-0.2, 0) is 0 Å². The molecule has 0 aliphatic carbocycles. The molecule has 230 valence electrons. The third kappa shape index (κ3) is 7.77. The van der Waals surface area contributed by atoms with Crippen LogP contribution in [-0.4, -0.2) is 0 Å². The normalized spacial score (nSPS) is 10.7. The van der Waals surface area contributed by atoms with Crippen LogP contribution in [0.4, 0.5) is 0 Å². The fourth-order valence-electron chi connectivity index (χ4n) is 5.82. The summed E-state index contributed by atoms with van der Waals surface area (Å²) >= 11 is 13.7. The van der Waals surface area contributed by atoms with E-state index >= 15 is 0 Å². The molecule has 0 saturated heterocycles. The van der Waals surface area contributed by atoms with Crippen molar-refractivity contribution >= 4 is 37.9 Å². The zero-order chi connectivity index (χ0) is 32.8. The first-order chi connectivity index (χ1) is 23.0. The third-order valence-electron chi connectivity index (χ3n) is 8.06. The van der Waals surface area contributed by atoms with Crippen molar-refractivity contribution in [2.75, 3.05) is 0 Å². The molecule has 0 nitrogen and oxygen atoms in total. The molecule has 0 aliphatic heterocycles. The van der Waals surface area contributed by atoms with Gasteiger partial charge in [0.15, 0.2) is 0 Å². The molecule has 0 aliphatic rings. The van der Waals surface area contributed by atoms with Crippen LogP contribution in [0.2, 0.25) is 0 Å². The van der Waals surface area contributed by atoms with Gasteiger partial charge in [0.1, 0.15) is 0 Å². The summed E-state index contributed by atoms with van der Waals surface area (Å²) in [5.41, 5.74) is 13.9. The lowest BCUT2D eigenvalue weighted by Gasteiger charge is -2.14. The van der Waals surface area contributed by atoms with Gasteiger partial charge in [-0.1, -0.05) is 105 Å². The number of benzene rings is 7. The van der Waals surface area contributed by atoms with Crippen LogP contribution in [0.1, 0.15) is 13.8 Å². The van der Waals surface area contributed by atoms with Gasteiger partial charge in [0.05, 0.1) is 0 Å². The minimum absolute atomic E-state index is 0.953. The number of hydrogen-bond acceptors (Lipinski definition) is 3. The third-order valence-corrected chi connectivity index (χ3v) is 8.89. The highest BCUT2D eigenvalue weighted by molar-refractivity contribution is 7.80. The minimum Gasteiger partial charge on any atom is -0.143 e. The first-order valence-corrected chi connectivity index (χ1v) is 17.2. The zero-order valence-electron chi connectivity index (χ0n) is 26.4. The Kier molecular flexibility index (Phi) is 10.4. The molecule has 0 atom stereocenters. The van der Waals surface area contributed by atoms with E-state index in [0.717, 1.165) is 81.4 Å². The van der Waals surface area contributed by atoms with Gasteiger partial charge >= 0.3 is 0 Å². The lowest BCUT2D eigenvalue weighted by Crippen LogP contribution is -1.88. The van der Waals surface area contributed by atoms with Crippen molar-refractivity contribution in [2.24, 2.45) is 0 Å². The Bertz CT molecular complexity index is 1900. The van der Waals surface area contributed by atoms with Crippen molar-refractivity contribution in [2.45, 2.75) is 28.5 Å². The summed E-state index contributed by atoms with van der Waals surface area (Å²) in [5.74, 6) is 0. The van der Waals surface area contributed by atoms with E-state index in [2.05, 4.69) is 183 Å². The first kappa shape index (κ1) is 32.5. The van der Waals surface area contributed by atoms with Crippen molar-refractivity contribution in [3.63, 3.8) is 0 Å². The molecule has 0 spiro atoms. The molecule has 0 bridgehead atoms. The summed E-state index contributed by atoms with van der Waals surface area (Å²) in [4.78, 5) is 2.86. The van der Waals surface area contributed by atoms with Crippen molar-refractivity contribution < 1.29 is 0 Å². The predicted molar refractivity (Wildman–Crippen MR) is 212 cm³/mol. The standard InChI is InChI=1S/C42H30S3.C2H6/c43-40-16-4-13-34(25-40)28-7-1-10-31(19-28)37-22-38(32-11-2-8-29(20-32)35-14-5-17-41(44)26-35)24-39(23-37)33-12-3-9-30(21-33)36-15-6-18-42(45)27-36;1-2/h1-27,43-45H;1-2H3. The van der Waals surface area contributed by atoms with Crippen LogP contribution in [0.3, 0.4) is 0 Å². The summed E-state index contributed by atoms with van der Waals surface area (Å²) in [6.45, 7) is 4.00. The van der Waals surface area contributed by atoms with E-state index in [1.807, 2.05) is 32.0 Å². The SMILES string of the molecule is CC.Sc1cccc(-c2cccc(-c3cc(-c4cccc(-c5cccc(S)c5)c4)cc(-c4cccc(-c5cccc(S)c5)c4)c3)c2)c1. The maximum atomic E-state index is 4.58. The van der Waals surface area contributed by atoms with Crippen LogP contribution in [0.15, 0.2) is 178 Å². The van der Waals surface area contributed by atoms with Gasteiger partial charge in [-0.2, -0.15) is 0 Å². The van der Waals surface area contributed by atoms with Crippen molar-refractivity contribution in [3.05, 3.63) is 164 Å². The molecule has 0 amide bonds. The second-order valence-electron chi connectivity index (χ2n) is 11.2. The highest BCUT2D eigenvalue weighted by Crippen LogP contribution is 2.37. The lowest BCUT2D eigenvalue weighted by molar-refractivity contribution is 1.46. The Morgan fingerprint density at radius 1 is 0.234 bits per heavy atom. The van der Waals surface area contributed by atoms with Gasteiger partial charge in [-0.3, -0.25) is 0 Å². The Labute approximate surface area is 295 Å². The molecule has 3 heteroatoms. The molecule has 0 N–H and O–H groups in total. The monoisotopic (exact) mass is 660 g/mol. The second-order valence-corrected chi connectivity index (χ2v) is 12.7. The summed E-state index contributed by atoms with van der Waals surface area (Å²) < 4.78 is 0. The molecule has 0 radical (unpaired) electrons. The Morgan fingerprint density at radius 2 is 0.404 bits per heavy atom. The van der Waals surface area contributed by atoms with E-state index < -0.39 is 0 Å². The van der Waals surface area contributed by atoms with Gasteiger partial charge < -0.3 is 0 Å². The molecule has 0 aromatic heterocycles. The molecule has 7 rings (SSSR count). The molecular weight excluding hydrogens is 625 g/mol. The summed E-state index contributed by atoms with van der Waals surface area (Å²) in [6, 6.07) is 58.1. The smallest absolute Gasteiger partial charge is 0.00461 e. The topological polar surface area (TPSA) is 0 Å². The zero-order valence-corrected chi connectivity index (χ0v) is 29.1. The van der Waals surface area contributed by atoms with E-state index in [1.165, 1.54) is 0 Å². The van der Waals surface area contributed by atoms with Crippen LogP contribution in [0, 0.1) is 0 Å². The van der Waals surface area contributed by atoms with Gasteiger partial charge in [0.2, 0.25) is 0 Å². The van der Waals surface area contributed by atoms with Crippen molar-refractivity contribution in [1.29, 1.82) is 0 Å². The Balaban J connectivity index is 0.00000190. The summed E-state index contributed by atoms with van der Waals surface area (Å²) in [6.07, 6.45) is 0. The molecule has 7 aromatic carbocycles. The van der Waals surface area contributed by atoms with Crippen molar-refractivity contribution in [1.82, 2.24) is 0 Å². The van der Waals surface area contributed by atoms with Crippen LogP contribution >= 0.6 is 37.9 Å². The van der Waals surface area contributed by atoms with Crippen molar-refractivity contribution in [3.8, 4) is 66.8 Å². The maximum absolute atomic E-state index is 4.58. The fraction of sp³-hybridized carbons (Fsp3) is 0.0455. The minimum atomic E-state index is 0.953. The molecular formula is C44H36S3. The highest BCUT2D eigenvalue weighted by Gasteiger charge is 2.11. The second kappa shape index (κ2) is 15.0. The average Bonchev–Trinajstić information content (AvgIpc) is 3.12. The molecule has 7 aromatic rings. The molecule has 0 fully saturated rings. The summed E-state index contributed by atoms with van der Waals surface area (Å²) in [7, 11) is 0. The van der Waals surface area contributed by atoms with Gasteiger partial charge in [0.25, 0.3) is 0 Å². The van der Waals surface area contributed by atoms with Gasteiger partial charge in [-0.05, 0) is 140 Å². The van der Waals surface area contributed by atoms with Crippen LogP contribution < -0.4 is 0 Å². The highest BCUT2D eigenvalue weighted by atomic mass is 32.1. The Hall–Kier alpha value is -4.41.